The maximum Gasteiger partial charge on any atom is 0.237 e. The monoisotopic (exact) mass is 339 g/mol. The average Bonchev–Trinajstić information content (AvgIpc) is 3.16. The van der Waals surface area contributed by atoms with Crippen molar-refractivity contribution in [3.05, 3.63) is 48.0 Å². The summed E-state index contributed by atoms with van der Waals surface area (Å²) >= 11 is 0. The first-order chi connectivity index (χ1) is 12.3. The van der Waals surface area contributed by atoms with E-state index in [1.807, 2.05) is 9.58 Å². The van der Waals surface area contributed by atoms with Crippen molar-refractivity contribution in [1.29, 1.82) is 0 Å². The largest absolute Gasteiger partial charge is 0.337 e. The van der Waals surface area contributed by atoms with Crippen molar-refractivity contribution in [3.8, 4) is 0 Å². The highest BCUT2D eigenvalue weighted by molar-refractivity contribution is 5.78. The fraction of sp³-hybridized carbons (Fsp3) is 0.526. The van der Waals surface area contributed by atoms with Crippen molar-refractivity contribution in [2.75, 3.05) is 19.6 Å². The second kappa shape index (κ2) is 7.35. The summed E-state index contributed by atoms with van der Waals surface area (Å²) in [4.78, 5) is 21.3. The van der Waals surface area contributed by atoms with Gasteiger partial charge in [-0.1, -0.05) is 30.7 Å². The molecule has 0 unspecified atom stereocenters. The molecule has 1 aromatic carbocycles. The van der Waals surface area contributed by atoms with E-state index in [-0.39, 0.29) is 5.91 Å². The standard InChI is InChI=1S/C19H25N5O/c25-19(23-10-8-16-5-1-2-6-17(16)11-23)13-22-9-4-3-7-18(22)12-24-15-20-14-21-24/h1-2,5-6,14-15,18H,3-4,7-13H2/t18-/m1/s1. The summed E-state index contributed by atoms with van der Waals surface area (Å²) in [6.45, 7) is 3.90. The molecule has 0 N–H and O–H groups in total. The zero-order valence-corrected chi connectivity index (χ0v) is 14.5. The predicted molar refractivity (Wildman–Crippen MR) is 94.8 cm³/mol. The van der Waals surface area contributed by atoms with Crippen LogP contribution in [0.1, 0.15) is 30.4 Å². The zero-order valence-electron chi connectivity index (χ0n) is 14.5. The number of nitrogens with zero attached hydrogens (tertiary/aromatic N) is 5. The molecule has 0 radical (unpaired) electrons. The molecule has 1 saturated heterocycles. The molecular weight excluding hydrogens is 314 g/mol. The highest BCUT2D eigenvalue weighted by Gasteiger charge is 2.28. The number of fused-ring (bicyclic) bond motifs is 1. The van der Waals surface area contributed by atoms with Gasteiger partial charge in [0.15, 0.2) is 0 Å². The van der Waals surface area contributed by atoms with Gasteiger partial charge in [-0.2, -0.15) is 5.10 Å². The second-order valence-electron chi connectivity index (χ2n) is 7.07. The number of likely N-dealkylation sites (tertiary alicyclic amines) is 1. The van der Waals surface area contributed by atoms with Gasteiger partial charge >= 0.3 is 0 Å². The molecule has 132 valence electrons. The highest BCUT2D eigenvalue weighted by Crippen LogP contribution is 2.21. The molecule has 1 fully saturated rings. The fourth-order valence-corrected chi connectivity index (χ4v) is 4.00. The summed E-state index contributed by atoms with van der Waals surface area (Å²) in [6, 6.07) is 8.83. The molecule has 0 aliphatic carbocycles. The van der Waals surface area contributed by atoms with Crippen LogP contribution in [0.25, 0.3) is 0 Å². The Hall–Kier alpha value is -2.21. The minimum Gasteiger partial charge on any atom is -0.337 e. The smallest absolute Gasteiger partial charge is 0.237 e. The lowest BCUT2D eigenvalue weighted by Crippen LogP contribution is -2.49. The van der Waals surface area contributed by atoms with Crippen LogP contribution in [0.2, 0.25) is 0 Å². The number of carbonyl (C=O) groups excluding carboxylic acids is 1. The van der Waals surface area contributed by atoms with Gasteiger partial charge in [-0.25, -0.2) is 4.98 Å². The molecule has 0 spiro atoms. The van der Waals surface area contributed by atoms with Crippen LogP contribution >= 0.6 is 0 Å². The number of hydrogen-bond donors (Lipinski definition) is 0. The van der Waals surface area contributed by atoms with E-state index in [0.29, 0.717) is 12.6 Å². The van der Waals surface area contributed by atoms with Gasteiger partial charge in [0.25, 0.3) is 0 Å². The van der Waals surface area contributed by atoms with E-state index in [9.17, 15) is 4.79 Å². The summed E-state index contributed by atoms with van der Waals surface area (Å²) in [7, 11) is 0. The van der Waals surface area contributed by atoms with E-state index in [1.54, 1.807) is 12.7 Å². The quantitative estimate of drug-likeness (QED) is 0.851. The summed E-state index contributed by atoms with van der Waals surface area (Å²) < 4.78 is 1.88. The Kier molecular flexibility index (Phi) is 4.78. The van der Waals surface area contributed by atoms with Gasteiger partial charge in [0.2, 0.25) is 5.91 Å². The van der Waals surface area contributed by atoms with Crippen LogP contribution in [-0.2, 0) is 24.3 Å². The van der Waals surface area contributed by atoms with Crippen LogP contribution in [-0.4, -0.2) is 56.1 Å². The van der Waals surface area contributed by atoms with Crippen molar-refractivity contribution >= 4 is 5.91 Å². The van der Waals surface area contributed by atoms with Crippen molar-refractivity contribution in [2.45, 2.75) is 44.8 Å². The topological polar surface area (TPSA) is 54.3 Å². The van der Waals surface area contributed by atoms with Crippen LogP contribution in [0.5, 0.6) is 0 Å². The van der Waals surface area contributed by atoms with Crippen molar-refractivity contribution in [1.82, 2.24) is 24.6 Å². The number of carbonyl (C=O) groups is 1. The molecule has 25 heavy (non-hydrogen) atoms. The average molecular weight is 339 g/mol. The first-order valence-corrected chi connectivity index (χ1v) is 9.20. The Morgan fingerprint density at radius 3 is 2.88 bits per heavy atom. The number of benzene rings is 1. The molecule has 3 heterocycles. The lowest BCUT2D eigenvalue weighted by Gasteiger charge is -2.37. The third kappa shape index (κ3) is 3.74. The Bertz CT molecular complexity index is 714. The lowest BCUT2D eigenvalue weighted by molar-refractivity contribution is -0.134. The van der Waals surface area contributed by atoms with Crippen LogP contribution in [0.3, 0.4) is 0 Å². The van der Waals surface area contributed by atoms with Crippen LogP contribution < -0.4 is 0 Å². The Morgan fingerprint density at radius 2 is 2.04 bits per heavy atom. The molecule has 4 rings (SSSR count). The lowest BCUT2D eigenvalue weighted by atomic mass is 9.99. The van der Waals surface area contributed by atoms with Gasteiger partial charge in [0.05, 0.1) is 13.1 Å². The van der Waals surface area contributed by atoms with Gasteiger partial charge in [-0.3, -0.25) is 14.4 Å². The summed E-state index contributed by atoms with van der Waals surface area (Å²) in [6.07, 6.45) is 7.81. The molecule has 6 heteroatoms. The Balaban J connectivity index is 1.39. The van der Waals surface area contributed by atoms with E-state index in [1.165, 1.54) is 24.0 Å². The van der Waals surface area contributed by atoms with E-state index in [4.69, 9.17) is 0 Å². The van der Waals surface area contributed by atoms with E-state index in [0.717, 1.165) is 39.0 Å². The molecule has 2 aliphatic rings. The summed E-state index contributed by atoms with van der Waals surface area (Å²) in [5, 5.41) is 4.22. The van der Waals surface area contributed by atoms with Crippen LogP contribution in [0.4, 0.5) is 0 Å². The minimum absolute atomic E-state index is 0.250. The fourth-order valence-electron chi connectivity index (χ4n) is 4.00. The molecule has 1 amide bonds. The molecule has 2 aromatic rings. The van der Waals surface area contributed by atoms with Gasteiger partial charge in [-0.05, 0) is 36.9 Å². The zero-order chi connectivity index (χ0) is 17.1. The Morgan fingerprint density at radius 1 is 1.16 bits per heavy atom. The third-order valence-electron chi connectivity index (χ3n) is 5.44. The van der Waals surface area contributed by atoms with Gasteiger partial charge in [0.1, 0.15) is 12.7 Å². The van der Waals surface area contributed by atoms with Gasteiger partial charge in [-0.15, -0.1) is 0 Å². The maximum atomic E-state index is 12.9. The normalized spacial score (nSPS) is 21.1. The van der Waals surface area contributed by atoms with E-state index < -0.39 is 0 Å². The Labute approximate surface area is 148 Å². The predicted octanol–water partition coefficient (Wildman–Crippen LogP) is 1.72. The maximum absolute atomic E-state index is 12.9. The minimum atomic E-state index is 0.250. The number of hydrogen-bond acceptors (Lipinski definition) is 4. The highest BCUT2D eigenvalue weighted by atomic mass is 16.2. The third-order valence-corrected chi connectivity index (χ3v) is 5.44. The van der Waals surface area contributed by atoms with Crippen LogP contribution in [0, 0.1) is 0 Å². The molecular formula is C19H25N5O. The van der Waals surface area contributed by atoms with Gasteiger partial charge in [0, 0.05) is 19.1 Å². The van der Waals surface area contributed by atoms with Gasteiger partial charge < -0.3 is 4.90 Å². The summed E-state index contributed by atoms with van der Waals surface area (Å²) in [5.74, 6) is 0.250. The number of piperidine rings is 1. The first kappa shape index (κ1) is 16.3. The first-order valence-electron chi connectivity index (χ1n) is 9.20. The molecule has 1 atom stereocenters. The molecule has 0 bridgehead atoms. The van der Waals surface area contributed by atoms with Crippen molar-refractivity contribution in [3.63, 3.8) is 0 Å². The SMILES string of the molecule is O=C(CN1CCCC[C@@H]1Cn1cncn1)N1CCc2ccccc2C1. The molecule has 0 saturated carbocycles. The van der Waals surface area contributed by atoms with E-state index in [2.05, 4.69) is 39.2 Å². The van der Waals surface area contributed by atoms with Crippen molar-refractivity contribution < 1.29 is 4.79 Å². The molecule has 2 aliphatic heterocycles. The number of rotatable bonds is 4. The summed E-state index contributed by atoms with van der Waals surface area (Å²) in [5.41, 5.74) is 2.67. The number of aromatic nitrogens is 3. The molecule has 6 nitrogen and oxygen atoms in total. The van der Waals surface area contributed by atoms with Crippen molar-refractivity contribution in [2.24, 2.45) is 0 Å². The second-order valence-corrected chi connectivity index (χ2v) is 7.07. The number of amides is 1. The molecule has 1 aromatic heterocycles. The van der Waals surface area contributed by atoms with E-state index >= 15 is 0 Å². The van der Waals surface area contributed by atoms with Crippen LogP contribution in [0.15, 0.2) is 36.9 Å².